The summed E-state index contributed by atoms with van der Waals surface area (Å²) in [5, 5.41) is 8.82. The Labute approximate surface area is 83.1 Å². The smallest absolute Gasteiger partial charge is 0.0844 e. The average molecular weight is 184 g/mol. The molecule has 1 heterocycles. The van der Waals surface area contributed by atoms with E-state index in [0.29, 0.717) is 5.71 Å². The Bertz CT molecular complexity index is 474. The minimum Gasteiger partial charge on any atom is -0.303 e. The number of nitrogens with one attached hydrogen (secondary N) is 1. The molecule has 2 rings (SSSR count). The van der Waals surface area contributed by atoms with Gasteiger partial charge >= 0.3 is 0 Å². The highest BCUT2D eigenvalue weighted by molar-refractivity contribution is 5.98. The molecule has 0 amide bonds. The number of benzene rings is 1. The summed E-state index contributed by atoms with van der Waals surface area (Å²) in [6.45, 7) is 1.97. The highest BCUT2D eigenvalue weighted by Gasteiger charge is 2.01. The lowest BCUT2D eigenvalue weighted by Gasteiger charge is -2.01. The predicted molar refractivity (Wildman–Crippen MR) is 58.9 cm³/mol. The molecule has 0 saturated heterocycles. The number of pyridine rings is 1. The van der Waals surface area contributed by atoms with Gasteiger partial charge in [0, 0.05) is 5.39 Å². The van der Waals surface area contributed by atoms with Gasteiger partial charge in [0.25, 0.3) is 0 Å². The molecule has 1 N–H and O–H groups in total. The highest BCUT2D eigenvalue weighted by Crippen LogP contribution is 2.12. The van der Waals surface area contributed by atoms with E-state index in [9.17, 15) is 0 Å². The van der Waals surface area contributed by atoms with Crippen LogP contribution in [0.4, 0.5) is 0 Å². The second-order valence-electron chi connectivity index (χ2n) is 3.22. The summed E-state index contributed by atoms with van der Waals surface area (Å²) in [6, 6.07) is 11.9. The highest BCUT2D eigenvalue weighted by atomic mass is 14.7. The van der Waals surface area contributed by atoms with E-state index in [1.165, 1.54) is 0 Å². The maximum Gasteiger partial charge on any atom is 0.0844 e. The van der Waals surface area contributed by atoms with Gasteiger partial charge in [-0.05, 0) is 18.6 Å². The summed E-state index contributed by atoms with van der Waals surface area (Å²) < 4.78 is 0. The van der Waals surface area contributed by atoms with Gasteiger partial charge in [0.2, 0.25) is 0 Å². The van der Waals surface area contributed by atoms with Crippen LogP contribution in [0.3, 0.4) is 0 Å². The van der Waals surface area contributed by atoms with Gasteiger partial charge in [-0.15, -0.1) is 0 Å². The molecular weight excluding hydrogens is 172 g/mol. The van der Waals surface area contributed by atoms with E-state index >= 15 is 0 Å². The standard InChI is InChI=1S/C12H12N2/c1-2-10(13)12-8-7-9-5-3-4-6-11(9)14-12/h3-8,13H,2H2,1H3. The first kappa shape index (κ1) is 8.88. The summed E-state index contributed by atoms with van der Waals surface area (Å²) >= 11 is 0. The Morgan fingerprint density at radius 2 is 2.00 bits per heavy atom. The number of para-hydroxylation sites is 1. The molecule has 0 aliphatic heterocycles. The molecule has 1 aromatic heterocycles. The van der Waals surface area contributed by atoms with Gasteiger partial charge in [0.05, 0.1) is 16.9 Å². The molecule has 0 bridgehead atoms. The molecule has 1 aromatic carbocycles. The van der Waals surface area contributed by atoms with E-state index < -0.39 is 0 Å². The summed E-state index contributed by atoms with van der Waals surface area (Å²) in [7, 11) is 0. The topological polar surface area (TPSA) is 36.7 Å². The van der Waals surface area contributed by atoms with Crippen molar-refractivity contribution in [2.45, 2.75) is 13.3 Å². The van der Waals surface area contributed by atoms with Crippen LogP contribution in [0.2, 0.25) is 0 Å². The molecule has 0 fully saturated rings. The van der Waals surface area contributed by atoms with Gasteiger partial charge < -0.3 is 5.41 Å². The van der Waals surface area contributed by atoms with Crippen molar-refractivity contribution in [3.63, 3.8) is 0 Å². The third kappa shape index (κ3) is 1.51. The van der Waals surface area contributed by atoms with Crippen molar-refractivity contribution >= 4 is 16.6 Å². The van der Waals surface area contributed by atoms with Crippen LogP contribution in [-0.2, 0) is 0 Å². The summed E-state index contributed by atoms with van der Waals surface area (Å²) in [4.78, 5) is 4.42. The number of aromatic nitrogens is 1. The molecule has 2 aromatic rings. The Morgan fingerprint density at radius 3 is 2.79 bits per heavy atom. The maximum absolute atomic E-state index is 7.69. The first-order valence-electron chi connectivity index (χ1n) is 4.75. The Kier molecular flexibility index (Phi) is 2.27. The largest absolute Gasteiger partial charge is 0.303 e. The third-order valence-electron chi connectivity index (χ3n) is 2.26. The molecular formula is C12H12N2. The quantitative estimate of drug-likeness (QED) is 0.715. The molecule has 0 atom stereocenters. The molecule has 0 spiro atoms. The Hall–Kier alpha value is -1.70. The van der Waals surface area contributed by atoms with Gasteiger partial charge in [-0.1, -0.05) is 31.2 Å². The van der Waals surface area contributed by atoms with Crippen LogP contribution >= 0.6 is 0 Å². The number of hydrogen-bond acceptors (Lipinski definition) is 2. The van der Waals surface area contributed by atoms with Crippen molar-refractivity contribution in [2.24, 2.45) is 0 Å². The minimum absolute atomic E-state index is 0.593. The lowest BCUT2D eigenvalue weighted by molar-refractivity contribution is 1.20. The lowest BCUT2D eigenvalue weighted by atomic mass is 10.1. The first-order valence-corrected chi connectivity index (χ1v) is 4.75. The molecule has 70 valence electrons. The van der Waals surface area contributed by atoms with E-state index in [0.717, 1.165) is 23.0 Å². The Morgan fingerprint density at radius 1 is 1.21 bits per heavy atom. The zero-order valence-corrected chi connectivity index (χ0v) is 8.12. The van der Waals surface area contributed by atoms with Crippen LogP contribution in [0.25, 0.3) is 10.9 Å². The fourth-order valence-electron chi connectivity index (χ4n) is 1.42. The first-order chi connectivity index (χ1) is 6.81. The minimum atomic E-state index is 0.593. The monoisotopic (exact) mass is 184 g/mol. The SMILES string of the molecule is CCC(=N)c1ccc2ccccc2n1. The zero-order valence-electron chi connectivity index (χ0n) is 8.12. The van der Waals surface area contributed by atoms with Crippen molar-refractivity contribution in [2.75, 3.05) is 0 Å². The van der Waals surface area contributed by atoms with E-state index in [4.69, 9.17) is 5.41 Å². The van der Waals surface area contributed by atoms with Crippen LogP contribution in [0.1, 0.15) is 19.0 Å². The van der Waals surface area contributed by atoms with E-state index in [1.807, 2.05) is 43.3 Å². The predicted octanol–water partition coefficient (Wildman–Crippen LogP) is 3.01. The molecule has 0 unspecified atom stereocenters. The molecule has 0 radical (unpaired) electrons. The van der Waals surface area contributed by atoms with Crippen molar-refractivity contribution in [1.82, 2.24) is 4.98 Å². The number of hydrogen-bond donors (Lipinski definition) is 1. The van der Waals surface area contributed by atoms with Gasteiger partial charge in [-0.2, -0.15) is 0 Å². The van der Waals surface area contributed by atoms with Crippen molar-refractivity contribution in [3.8, 4) is 0 Å². The van der Waals surface area contributed by atoms with Gasteiger partial charge in [-0.3, -0.25) is 0 Å². The van der Waals surface area contributed by atoms with E-state index in [-0.39, 0.29) is 0 Å². The Balaban J connectivity index is 2.56. The number of nitrogens with zero attached hydrogens (tertiary/aromatic N) is 1. The van der Waals surface area contributed by atoms with Crippen molar-refractivity contribution in [3.05, 3.63) is 42.1 Å². The fourth-order valence-corrected chi connectivity index (χ4v) is 1.42. The number of fused-ring (bicyclic) bond motifs is 1. The zero-order chi connectivity index (χ0) is 9.97. The maximum atomic E-state index is 7.69. The van der Waals surface area contributed by atoms with Gasteiger partial charge in [0.15, 0.2) is 0 Å². The molecule has 0 aliphatic rings. The summed E-state index contributed by atoms with van der Waals surface area (Å²) in [6.07, 6.45) is 0.728. The van der Waals surface area contributed by atoms with Crippen LogP contribution in [0.5, 0.6) is 0 Å². The second kappa shape index (κ2) is 3.58. The normalized spacial score (nSPS) is 10.4. The van der Waals surface area contributed by atoms with Crippen LogP contribution < -0.4 is 0 Å². The van der Waals surface area contributed by atoms with E-state index in [2.05, 4.69) is 4.98 Å². The average Bonchev–Trinajstić information content (AvgIpc) is 2.27. The summed E-state index contributed by atoms with van der Waals surface area (Å²) in [5.74, 6) is 0. The van der Waals surface area contributed by atoms with Crippen LogP contribution in [0, 0.1) is 5.41 Å². The van der Waals surface area contributed by atoms with Crippen LogP contribution in [-0.4, -0.2) is 10.7 Å². The lowest BCUT2D eigenvalue weighted by Crippen LogP contribution is -1.99. The van der Waals surface area contributed by atoms with E-state index in [1.54, 1.807) is 0 Å². The summed E-state index contributed by atoms with van der Waals surface area (Å²) in [5.41, 5.74) is 2.34. The molecule has 0 saturated carbocycles. The third-order valence-corrected chi connectivity index (χ3v) is 2.26. The number of rotatable bonds is 2. The molecule has 2 nitrogen and oxygen atoms in total. The molecule has 0 aliphatic carbocycles. The van der Waals surface area contributed by atoms with Gasteiger partial charge in [-0.25, -0.2) is 4.98 Å². The molecule has 14 heavy (non-hydrogen) atoms. The van der Waals surface area contributed by atoms with Crippen LogP contribution in [0.15, 0.2) is 36.4 Å². The van der Waals surface area contributed by atoms with Crippen molar-refractivity contribution in [1.29, 1.82) is 5.41 Å². The molecule has 2 heteroatoms. The van der Waals surface area contributed by atoms with Gasteiger partial charge in [0.1, 0.15) is 0 Å². The fraction of sp³-hybridized carbons (Fsp3) is 0.167. The second-order valence-corrected chi connectivity index (χ2v) is 3.22. The van der Waals surface area contributed by atoms with Crippen molar-refractivity contribution < 1.29 is 0 Å².